The smallest absolute Gasteiger partial charge is 0.320 e. The van der Waals surface area contributed by atoms with Gasteiger partial charge in [0.1, 0.15) is 11.6 Å². The first-order valence-electron chi connectivity index (χ1n) is 7.31. The van der Waals surface area contributed by atoms with Crippen LogP contribution in [0.5, 0.6) is 0 Å². The Morgan fingerprint density at radius 2 is 1.87 bits per heavy atom. The van der Waals surface area contributed by atoms with E-state index in [2.05, 4.69) is 15.6 Å². The van der Waals surface area contributed by atoms with E-state index in [0.717, 1.165) is 11.3 Å². The van der Waals surface area contributed by atoms with Crippen molar-refractivity contribution in [1.29, 1.82) is 0 Å². The molecule has 6 heteroatoms. The minimum absolute atomic E-state index is 0.375. The highest BCUT2D eigenvalue weighted by atomic mass is 19.1. The van der Waals surface area contributed by atoms with E-state index < -0.39 is 18.2 Å². The van der Waals surface area contributed by atoms with Gasteiger partial charge in [0.25, 0.3) is 0 Å². The number of anilines is 1. The number of hydrogen-bond donors (Lipinski definition) is 3. The van der Waals surface area contributed by atoms with Crippen molar-refractivity contribution in [1.82, 2.24) is 10.3 Å². The third kappa shape index (κ3) is 4.75. The molecule has 0 aliphatic carbocycles. The molecule has 0 aliphatic rings. The number of carbonyl (C=O) groups is 1. The lowest BCUT2D eigenvalue weighted by atomic mass is 10.0. The first-order valence-corrected chi connectivity index (χ1v) is 7.31. The third-order valence-corrected chi connectivity index (χ3v) is 3.38. The zero-order valence-corrected chi connectivity index (χ0v) is 13.3. The van der Waals surface area contributed by atoms with Gasteiger partial charge in [0.2, 0.25) is 0 Å². The number of nitrogens with zero attached hydrogens (tertiary/aromatic N) is 1. The molecule has 2 atom stereocenters. The lowest BCUT2D eigenvalue weighted by Crippen LogP contribution is -2.39. The average Bonchev–Trinajstić information content (AvgIpc) is 2.45. The highest BCUT2D eigenvalue weighted by Gasteiger charge is 2.18. The fourth-order valence-corrected chi connectivity index (χ4v) is 2.29. The van der Waals surface area contributed by atoms with Gasteiger partial charge in [0, 0.05) is 5.69 Å². The van der Waals surface area contributed by atoms with Crippen LogP contribution in [0.3, 0.4) is 0 Å². The van der Waals surface area contributed by atoms with Gasteiger partial charge in [-0.05, 0) is 56.2 Å². The van der Waals surface area contributed by atoms with E-state index in [1.165, 1.54) is 24.3 Å². The predicted molar refractivity (Wildman–Crippen MR) is 86.7 cm³/mol. The second-order valence-electron chi connectivity index (χ2n) is 5.55. The molecule has 23 heavy (non-hydrogen) atoms. The standard InChI is InChI=1S/C17H20FN3O2/c1-10-8-11(2)19-15(9-10)21-17(23)20-12(3)16(22)13-4-6-14(18)7-5-13/h4-9,12,16,22H,1-3H3,(H2,19,20,21,23). The predicted octanol–water partition coefficient (Wildman–Crippen LogP) is 3.08. The van der Waals surface area contributed by atoms with Crippen molar-refractivity contribution in [2.24, 2.45) is 0 Å². The maximum absolute atomic E-state index is 12.9. The topological polar surface area (TPSA) is 74.2 Å². The van der Waals surface area contributed by atoms with Crippen LogP contribution in [0.4, 0.5) is 15.0 Å². The molecule has 0 bridgehead atoms. The zero-order valence-electron chi connectivity index (χ0n) is 13.3. The third-order valence-electron chi connectivity index (χ3n) is 3.38. The van der Waals surface area contributed by atoms with Crippen LogP contribution in [0.1, 0.15) is 29.8 Å². The second-order valence-corrected chi connectivity index (χ2v) is 5.55. The molecule has 2 rings (SSSR count). The van der Waals surface area contributed by atoms with Gasteiger partial charge >= 0.3 is 6.03 Å². The minimum atomic E-state index is -0.937. The molecule has 0 saturated carbocycles. The molecule has 1 heterocycles. The van der Waals surface area contributed by atoms with Crippen LogP contribution in [-0.2, 0) is 0 Å². The SMILES string of the molecule is Cc1cc(C)nc(NC(=O)NC(C)C(O)c2ccc(F)cc2)c1. The van der Waals surface area contributed by atoms with Crippen molar-refractivity contribution in [2.45, 2.75) is 32.9 Å². The molecule has 1 aromatic carbocycles. The van der Waals surface area contributed by atoms with Gasteiger partial charge in [-0.15, -0.1) is 0 Å². The molecule has 0 fully saturated rings. The maximum Gasteiger partial charge on any atom is 0.320 e. The number of urea groups is 1. The Kier molecular flexibility index (Phi) is 5.28. The van der Waals surface area contributed by atoms with E-state index in [-0.39, 0.29) is 5.82 Å². The Labute approximate surface area is 134 Å². The summed E-state index contributed by atoms with van der Waals surface area (Å²) in [6, 6.07) is 8.17. The molecule has 122 valence electrons. The van der Waals surface area contributed by atoms with Crippen LogP contribution < -0.4 is 10.6 Å². The summed E-state index contributed by atoms with van der Waals surface area (Å²) in [6.07, 6.45) is -0.937. The van der Waals surface area contributed by atoms with E-state index in [4.69, 9.17) is 0 Å². The molecule has 0 radical (unpaired) electrons. The zero-order chi connectivity index (χ0) is 17.0. The molecular formula is C17H20FN3O2. The summed E-state index contributed by atoms with van der Waals surface area (Å²) in [5, 5.41) is 15.5. The van der Waals surface area contributed by atoms with Crippen LogP contribution in [0.15, 0.2) is 36.4 Å². The number of aryl methyl sites for hydroxylation is 2. The minimum Gasteiger partial charge on any atom is -0.386 e. The summed E-state index contributed by atoms with van der Waals surface area (Å²) in [6.45, 7) is 5.43. The van der Waals surface area contributed by atoms with Gasteiger partial charge in [-0.2, -0.15) is 0 Å². The number of pyridine rings is 1. The Balaban J connectivity index is 1.97. The van der Waals surface area contributed by atoms with Crippen LogP contribution in [0.2, 0.25) is 0 Å². The molecular weight excluding hydrogens is 297 g/mol. The van der Waals surface area contributed by atoms with Crippen molar-refractivity contribution in [3.8, 4) is 0 Å². The van der Waals surface area contributed by atoms with Gasteiger partial charge in [0.05, 0.1) is 12.1 Å². The average molecular weight is 317 g/mol. The number of halogens is 1. The molecule has 1 aromatic heterocycles. The Bertz CT molecular complexity index is 668. The number of aliphatic hydroxyl groups excluding tert-OH is 1. The van der Waals surface area contributed by atoms with Crippen LogP contribution in [-0.4, -0.2) is 22.2 Å². The molecule has 5 nitrogen and oxygen atoms in total. The molecule has 0 spiro atoms. The first-order chi connectivity index (χ1) is 10.8. The molecule has 3 N–H and O–H groups in total. The molecule has 2 unspecified atom stereocenters. The Morgan fingerprint density at radius 1 is 1.22 bits per heavy atom. The van der Waals surface area contributed by atoms with Gasteiger partial charge in [-0.25, -0.2) is 14.2 Å². The van der Waals surface area contributed by atoms with E-state index in [0.29, 0.717) is 11.4 Å². The second kappa shape index (κ2) is 7.19. The highest BCUT2D eigenvalue weighted by Crippen LogP contribution is 2.17. The lowest BCUT2D eigenvalue weighted by Gasteiger charge is -2.21. The summed E-state index contributed by atoms with van der Waals surface area (Å²) >= 11 is 0. The summed E-state index contributed by atoms with van der Waals surface area (Å²) in [5.41, 5.74) is 2.33. The van der Waals surface area contributed by atoms with E-state index in [9.17, 15) is 14.3 Å². The van der Waals surface area contributed by atoms with Gasteiger partial charge < -0.3 is 10.4 Å². The van der Waals surface area contributed by atoms with Crippen molar-refractivity contribution >= 4 is 11.8 Å². The Hall–Kier alpha value is -2.47. The van der Waals surface area contributed by atoms with Crippen molar-refractivity contribution in [3.05, 3.63) is 59.0 Å². The number of hydrogen-bond acceptors (Lipinski definition) is 3. The fraction of sp³-hybridized carbons (Fsp3) is 0.294. The van der Waals surface area contributed by atoms with Crippen molar-refractivity contribution in [2.75, 3.05) is 5.32 Å². The highest BCUT2D eigenvalue weighted by molar-refractivity contribution is 5.88. The van der Waals surface area contributed by atoms with E-state index in [1.807, 2.05) is 19.9 Å². The largest absolute Gasteiger partial charge is 0.386 e. The van der Waals surface area contributed by atoms with Gasteiger partial charge in [0.15, 0.2) is 0 Å². The lowest BCUT2D eigenvalue weighted by molar-refractivity contribution is 0.139. The van der Waals surface area contributed by atoms with Gasteiger partial charge in [-0.1, -0.05) is 12.1 Å². The maximum atomic E-state index is 12.9. The quantitative estimate of drug-likeness (QED) is 0.811. The number of aromatic nitrogens is 1. The van der Waals surface area contributed by atoms with Crippen molar-refractivity contribution in [3.63, 3.8) is 0 Å². The van der Waals surface area contributed by atoms with E-state index >= 15 is 0 Å². The van der Waals surface area contributed by atoms with Crippen LogP contribution >= 0.6 is 0 Å². The number of rotatable bonds is 4. The molecule has 0 aliphatic heterocycles. The molecule has 0 saturated heterocycles. The van der Waals surface area contributed by atoms with Crippen LogP contribution in [0, 0.1) is 19.7 Å². The summed E-state index contributed by atoms with van der Waals surface area (Å²) in [7, 11) is 0. The fourth-order valence-electron chi connectivity index (χ4n) is 2.29. The van der Waals surface area contributed by atoms with Crippen LogP contribution in [0.25, 0.3) is 0 Å². The number of benzene rings is 1. The summed E-state index contributed by atoms with van der Waals surface area (Å²) in [4.78, 5) is 16.2. The van der Waals surface area contributed by atoms with Gasteiger partial charge in [-0.3, -0.25) is 5.32 Å². The summed E-state index contributed by atoms with van der Waals surface area (Å²) in [5.74, 6) is 0.0728. The molecule has 2 amide bonds. The Morgan fingerprint density at radius 3 is 2.48 bits per heavy atom. The summed E-state index contributed by atoms with van der Waals surface area (Å²) < 4.78 is 12.9. The first kappa shape index (κ1) is 16.9. The number of aliphatic hydroxyl groups is 1. The number of carbonyl (C=O) groups excluding carboxylic acids is 1. The monoisotopic (exact) mass is 317 g/mol. The molecule has 2 aromatic rings. The van der Waals surface area contributed by atoms with E-state index in [1.54, 1.807) is 13.0 Å². The normalized spacial score (nSPS) is 13.3. The number of nitrogens with one attached hydrogen (secondary N) is 2. The number of amides is 2. The van der Waals surface area contributed by atoms with Crippen molar-refractivity contribution < 1.29 is 14.3 Å².